The van der Waals surface area contributed by atoms with Crippen LogP contribution in [0.2, 0.25) is 0 Å². The van der Waals surface area contributed by atoms with Gasteiger partial charge < -0.3 is 14.6 Å². The maximum absolute atomic E-state index is 14.2. The quantitative estimate of drug-likeness (QED) is 0.221. The van der Waals surface area contributed by atoms with Crippen molar-refractivity contribution >= 4 is 28.3 Å². The lowest BCUT2D eigenvalue weighted by atomic mass is 9.79. The number of hydrogen-bond acceptors (Lipinski definition) is 9. The number of nitriles is 1. The third-order valence-corrected chi connectivity index (χ3v) is 11.6. The fraction of sp³-hybridized carbons (Fsp3) is 0.300. The van der Waals surface area contributed by atoms with E-state index in [1.165, 1.54) is 23.0 Å². The second-order valence-corrected chi connectivity index (χ2v) is 15.1. The molecule has 2 atom stereocenters. The summed E-state index contributed by atoms with van der Waals surface area (Å²) in [5.74, 6) is -0.426. The number of likely N-dealkylation sites (tertiary alicyclic amines) is 2. The van der Waals surface area contributed by atoms with Gasteiger partial charge in [-0.05, 0) is 73.8 Å². The van der Waals surface area contributed by atoms with E-state index in [4.69, 9.17) is 5.26 Å². The summed E-state index contributed by atoms with van der Waals surface area (Å²) in [4.78, 5) is 46.4. The first kappa shape index (κ1) is 34.5. The van der Waals surface area contributed by atoms with Gasteiger partial charge in [0.05, 0.1) is 17.5 Å². The molecule has 8 rings (SSSR count). The molecular formula is C40H37FN8O3S. The Bertz CT molecular complexity index is 2340. The van der Waals surface area contributed by atoms with Gasteiger partial charge in [0.2, 0.25) is 5.91 Å². The number of carbonyl (C=O) groups is 1. The largest absolute Gasteiger partial charge is 0.388 e. The van der Waals surface area contributed by atoms with Crippen LogP contribution in [-0.2, 0) is 17.9 Å². The maximum atomic E-state index is 14.2. The molecule has 6 heterocycles. The van der Waals surface area contributed by atoms with Crippen LogP contribution in [0.15, 0.2) is 103 Å². The average molecular weight is 729 g/mol. The highest BCUT2D eigenvalue weighted by molar-refractivity contribution is 7.15. The SMILES string of the molecule is N#Cc1ccc(-c2ncc(CN3CC[C@@H](C(=O)N4CCC(O)(Cn5cnc6c(ccn6-c6ccc(F)cc6)c5=O)CC4)[C@H](c4ccccc4)C3)s2)cn1. The van der Waals surface area contributed by atoms with Gasteiger partial charge in [-0.15, -0.1) is 11.3 Å². The fourth-order valence-corrected chi connectivity index (χ4v) is 8.59. The zero-order valence-electron chi connectivity index (χ0n) is 28.9. The molecule has 0 saturated carbocycles. The molecule has 1 amide bonds. The first-order valence-electron chi connectivity index (χ1n) is 17.7. The third kappa shape index (κ3) is 7.13. The Hall–Kier alpha value is -5.55. The molecule has 2 saturated heterocycles. The van der Waals surface area contributed by atoms with E-state index in [-0.39, 0.29) is 35.7 Å². The molecule has 0 bridgehead atoms. The number of aliphatic hydroxyl groups is 1. The van der Waals surface area contributed by atoms with Gasteiger partial charge >= 0.3 is 0 Å². The Balaban J connectivity index is 0.924. The zero-order valence-corrected chi connectivity index (χ0v) is 29.7. The zero-order chi connectivity index (χ0) is 36.5. The summed E-state index contributed by atoms with van der Waals surface area (Å²) >= 11 is 1.61. The Morgan fingerprint density at radius 2 is 1.77 bits per heavy atom. The molecule has 268 valence electrons. The molecule has 2 aromatic carbocycles. The minimum atomic E-state index is -1.17. The Kier molecular flexibility index (Phi) is 9.42. The predicted octanol–water partition coefficient (Wildman–Crippen LogP) is 5.38. The first-order chi connectivity index (χ1) is 25.8. The predicted molar refractivity (Wildman–Crippen MR) is 199 cm³/mol. The molecule has 11 nitrogen and oxygen atoms in total. The molecule has 1 N–H and O–H groups in total. The number of aromatic nitrogens is 5. The Morgan fingerprint density at radius 3 is 2.51 bits per heavy atom. The summed E-state index contributed by atoms with van der Waals surface area (Å²) in [5, 5.41) is 22.0. The van der Waals surface area contributed by atoms with E-state index in [2.05, 4.69) is 32.0 Å². The van der Waals surface area contributed by atoms with E-state index in [0.29, 0.717) is 54.8 Å². The first-order valence-corrected chi connectivity index (χ1v) is 18.5. The van der Waals surface area contributed by atoms with Gasteiger partial charge in [0.25, 0.3) is 5.56 Å². The van der Waals surface area contributed by atoms with Crippen molar-refractivity contribution in [2.24, 2.45) is 5.92 Å². The molecule has 2 fully saturated rings. The minimum Gasteiger partial charge on any atom is -0.388 e. The Labute approximate surface area is 309 Å². The molecule has 0 spiro atoms. The second kappa shape index (κ2) is 14.5. The number of hydrogen-bond donors (Lipinski definition) is 1. The van der Waals surface area contributed by atoms with E-state index in [1.807, 2.05) is 41.4 Å². The number of amides is 1. The third-order valence-electron chi connectivity index (χ3n) is 10.5. The molecule has 53 heavy (non-hydrogen) atoms. The molecular weight excluding hydrogens is 692 g/mol. The number of nitrogens with zero attached hydrogens (tertiary/aromatic N) is 8. The highest BCUT2D eigenvalue weighted by Crippen LogP contribution is 2.37. The van der Waals surface area contributed by atoms with Gasteiger partial charge in [-0.25, -0.2) is 19.3 Å². The molecule has 2 aliphatic rings. The van der Waals surface area contributed by atoms with Crippen molar-refractivity contribution < 1.29 is 14.3 Å². The topological polar surface area (TPSA) is 133 Å². The summed E-state index contributed by atoms with van der Waals surface area (Å²) in [7, 11) is 0. The van der Waals surface area contributed by atoms with Gasteiger partial charge in [-0.1, -0.05) is 30.3 Å². The number of carbonyl (C=O) groups excluding carboxylic acids is 1. The lowest BCUT2D eigenvalue weighted by molar-refractivity contribution is -0.142. The van der Waals surface area contributed by atoms with Crippen molar-refractivity contribution in [3.8, 4) is 22.3 Å². The molecule has 0 aliphatic carbocycles. The highest BCUT2D eigenvalue weighted by Gasteiger charge is 2.41. The number of benzene rings is 2. The van der Waals surface area contributed by atoms with Crippen LogP contribution in [0.3, 0.4) is 0 Å². The molecule has 2 aliphatic heterocycles. The summed E-state index contributed by atoms with van der Waals surface area (Å²) in [6.45, 7) is 3.09. The summed E-state index contributed by atoms with van der Waals surface area (Å²) < 4.78 is 16.7. The van der Waals surface area contributed by atoms with Crippen LogP contribution < -0.4 is 5.56 Å². The van der Waals surface area contributed by atoms with Gasteiger partial charge in [0.15, 0.2) is 5.65 Å². The molecule has 0 unspecified atom stereocenters. The van der Waals surface area contributed by atoms with Crippen LogP contribution >= 0.6 is 11.3 Å². The molecule has 6 aromatic rings. The van der Waals surface area contributed by atoms with Crippen LogP contribution in [0.25, 0.3) is 27.3 Å². The molecule has 4 aromatic heterocycles. The second-order valence-electron chi connectivity index (χ2n) is 13.9. The van der Waals surface area contributed by atoms with Crippen molar-refractivity contribution in [1.29, 1.82) is 5.26 Å². The molecule has 13 heteroatoms. The smallest absolute Gasteiger partial charge is 0.262 e. The van der Waals surface area contributed by atoms with Crippen molar-refractivity contribution in [3.63, 3.8) is 0 Å². The average Bonchev–Trinajstić information content (AvgIpc) is 3.85. The maximum Gasteiger partial charge on any atom is 0.262 e. The normalized spacial score (nSPS) is 18.9. The van der Waals surface area contributed by atoms with Crippen LogP contribution in [0, 0.1) is 23.1 Å². The van der Waals surface area contributed by atoms with Crippen LogP contribution in [-0.4, -0.2) is 76.7 Å². The number of halogens is 1. The van der Waals surface area contributed by atoms with Crippen molar-refractivity contribution in [1.82, 2.24) is 33.9 Å². The van der Waals surface area contributed by atoms with Crippen LogP contribution in [0.5, 0.6) is 0 Å². The molecule has 0 radical (unpaired) electrons. The summed E-state index contributed by atoms with van der Waals surface area (Å²) in [6.07, 6.45) is 8.16. The van der Waals surface area contributed by atoms with Gasteiger partial charge in [0, 0.05) is 72.7 Å². The van der Waals surface area contributed by atoms with E-state index < -0.39 is 5.60 Å². The number of rotatable bonds is 8. The van der Waals surface area contributed by atoms with Gasteiger partial charge in [-0.2, -0.15) is 5.26 Å². The van der Waals surface area contributed by atoms with E-state index in [0.717, 1.165) is 40.6 Å². The number of fused-ring (bicyclic) bond motifs is 1. The van der Waals surface area contributed by atoms with Crippen molar-refractivity contribution in [2.45, 2.75) is 43.9 Å². The highest BCUT2D eigenvalue weighted by atomic mass is 32.1. The fourth-order valence-electron chi connectivity index (χ4n) is 7.65. The van der Waals surface area contributed by atoms with E-state index >= 15 is 0 Å². The Morgan fingerprint density at radius 1 is 0.981 bits per heavy atom. The summed E-state index contributed by atoms with van der Waals surface area (Å²) in [5.41, 5.74) is 2.10. The summed E-state index contributed by atoms with van der Waals surface area (Å²) in [6, 6.07) is 23.5. The monoisotopic (exact) mass is 728 g/mol. The standard InChI is InChI=1S/C40H37FN8O3S/c41-29-7-10-31(11-8-29)49-17-13-34-36(49)45-26-48(39(34)51)25-40(52)14-18-47(19-15-40)38(50)33-12-16-46(24-35(33)27-4-2-1-3-5-27)23-32-22-44-37(53-32)28-6-9-30(20-42)43-21-28/h1-11,13,17,21-22,26,33,35,52H,12,14-16,18-19,23-25H2/t33-,35+/m1/s1. The minimum absolute atomic E-state index is 0.00646. The lowest BCUT2D eigenvalue weighted by Gasteiger charge is -2.43. The van der Waals surface area contributed by atoms with Crippen LogP contribution in [0.4, 0.5) is 4.39 Å². The number of thiazole rings is 1. The van der Waals surface area contributed by atoms with Crippen LogP contribution in [0.1, 0.15) is 41.3 Å². The van der Waals surface area contributed by atoms with Crippen molar-refractivity contribution in [2.75, 3.05) is 26.2 Å². The van der Waals surface area contributed by atoms with E-state index in [1.54, 1.807) is 52.6 Å². The number of piperidine rings is 2. The van der Waals surface area contributed by atoms with Crippen molar-refractivity contribution in [3.05, 3.63) is 130 Å². The van der Waals surface area contributed by atoms with Gasteiger partial charge in [0.1, 0.15) is 28.9 Å². The lowest BCUT2D eigenvalue weighted by Crippen LogP contribution is -2.53. The number of pyridine rings is 1. The van der Waals surface area contributed by atoms with E-state index in [9.17, 15) is 19.1 Å². The van der Waals surface area contributed by atoms with Gasteiger partial charge in [-0.3, -0.25) is 19.1 Å².